The number of anilines is 2. The van der Waals surface area contributed by atoms with Crippen molar-refractivity contribution >= 4 is 46.0 Å². The van der Waals surface area contributed by atoms with Crippen LogP contribution in [0.3, 0.4) is 0 Å². The van der Waals surface area contributed by atoms with Crippen LogP contribution in [0.15, 0.2) is 64.6 Å². The van der Waals surface area contributed by atoms with Gasteiger partial charge in [-0.1, -0.05) is 18.2 Å². The van der Waals surface area contributed by atoms with Gasteiger partial charge >= 0.3 is 5.97 Å². The Morgan fingerprint density at radius 3 is 2.70 bits per heavy atom. The Hall–Kier alpha value is -3.72. The van der Waals surface area contributed by atoms with E-state index >= 15 is 0 Å². The van der Waals surface area contributed by atoms with Gasteiger partial charge in [0.05, 0.1) is 11.4 Å². The summed E-state index contributed by atoms with van der Waals surface area (Å²) in [6.45, 7) is 1.30. The number of para-hydroxylation sites is 1. The minimum Gasteiger partial charge on any atom is -0.402 e. The Balaban J connectivity index is 1.65. The number of hydrogen-bond donors (Lipinski definition) is 0. The summed E-state index contributed by atoms with van der Waals surface area (Å²) in [7, 11) is 0. The SMILES string of the molecule is CC(=O)N(c1nc(/C=C2\N=C(c3cccc(F)c3)OC2=O)cs1)c1ccccc1F. The van der Waals surface area contributed by atoms with Crippen molar-refractivity contribution in [2.24, 2.45) is 4.99 Å². The zero-order valence-electron chi connectivity index (χ0n) is 15.5. The number of benzene rings is 2. The van der Waals surface area contributed by atoms with E-state index in [-0.39, 0.29) is 22.4 Å². The number of ether oxygens (including phenoxy) is 1. The van der Waals surface area contributed by atoms with Gasteiger partial charge in [-0.15, -0.1) is 11.3 Å². The number of nitrogens with zero attached hydrogens (tertiary/aromatic N) is 3. The molecule has 0 aliphatic carbocycles. The summed E-state index contributed by atoms with van der Waals surface area (Å²) in [5.74, 6) is -2.18. The van der Waals surface area contributed by atoms with Crippen LogP contribution in [-0.4, -0.2) is 22.8 Å². The van der Waals surface area contributed by atoms with Gasteiger partial charge < -0.3 is 4.74 Å². The Morgan fingerprint density at radius 2 is 1.97 bits per heavy atom. The van der Waals surface area contributed by atoms with Crippen LogP contribution in [0.5, 0.6) is 0 Å². The molecule has 0 saturated carbocycles. The molecule has 1 amide bonds. The third kappa shape index (κ3) is 3.87. The van der Waals surface area contributed by atoms with Gasteiger partial charge in [0.25, 0.3) is 0 Å². The molecule has 4 rings (SSSR count). The molecule has 0 N–H and O–H groups in total. The lowest BCUT2D eigenvalue weighted by Crippen LogP contribution is -2.23. The molecule has 2 aromatic carbocycles. The fourth-order valence-corrected chi connectivity index (χ4v) is 3.62. The highest BCUT2D eigenvalue weighted by atomic mass is 32.1. The average Bonchev–Trinajstić information content (AvgIpc) is 3.31. The van der Waals surface area contributed by atoms with Gasteiger partial charge in [-0.05, 0) is 36.4 Å². The smallest absolute Gasteiger partial charge is 0.363 e. The number of carbonyl (C=O) groups excluding carboxylic acids is 2. The van der Waals surface area contributed by atoms with E-state index in [1.54, 1.807) is 17.5 Å². The molecule has 2 heterocycles. The molecule has 0 spiro atoms. The van der Waals surface area contributed by atoms with Crippen LogP contribution in [0.1, 0.15) is 18.2 Å². The Morgan fingerprint density at radius 1 is 1.17 bits per heavy atom. The van der Waals surface area contributed by atoms with Crippen molar-refractivity contribution in [2.45, 2.75) is 6.92 Å². The fourth-order valence-electron chi connectivity index (χ4n) is 2.78. The van der Waals surface area contributed by atoms with Crippen LogP contribution < -0.4 is 4.90 Å². The third-order valence-electron chi connectivity index (χ3n) is 4.09. The molecule has 0 atom stereocenters. The summed E-state index contributed by atoms with van der Waals surface area (Å²) in [5, 5.41) is 1.84. The maximum Gasteiger partial charge on any atom is 0.363 e. The van der Waals surface area contributed by atoms with Crippen molar-refractivity contribution < 1.29 is 23.1 Å². The number of hydrogen-bond acceptors (Lipinski definition) is 6. The number of cyclic esters (lactones) is 1. The molecule has 0 saturated heterocycles. The lowest BCUT2D eigenvalue weighted by Gasteiger charge is -2.18. The van der Waals surface area contributed by atoms with Crippen LogP contribution >= 0.6 is 11.3 Å². The van der Waals surface area contributed by atoms with Gasteiger partial charge in [0.1, 0.15) is 11.6 Å². The highest BCUT2D eigenvalue weighted by Crippen LogP contribution is 2.31. The lowest BCUT2D eigenvalue weighted by atomic mass is 10.2. The summed E-state index contributed by atoms with van der Waals surface area (Å²) in [6, 6.07) is 11.4. The average molecular weight is 425 g/mol. The highest BCUT2D eigenvalue weighted by molar-refractivity contribution is 7.14. The van der Waals surface area contributed by atoms with E-state index in [4.69, 9.17) is 4.74 Å². The number of carbonyl (C=O) groups is 2. The first-order valence-corrected chi connectivity index (χ1v) is 9.59. The summed E-state index contributed by atoms with van der Waals surface area (Å²) < 4.78 is 32.7. The van der Waals surface area contributed by atoms with Crippen LogP contribution in [0.4, 0.5) is 19.6 Å². The number of aliphatic imine (C=N–C) groups is 1. The number of esters is 1. The first-order valence-electron chi connectivity index (χ1n) is 8.71. The number of amides is 1. The number of rotatable bonds is 4. The predicted octanol–water partition coefficient (Wildman–Crippen LogP) is 4.45. The molecule has 3 aromatic rings. The highest BCUT2D eigenvalue weighted by Gasteiger charge is 2.25. The first kappa shape index (κ1) is 19.6. The quantitative estimate of drug-likeness (QED) is 0.457. The zero-order chi connectivity index (χ0) is 21.3. The summed E-state index contributed by atoms with van der Waals surface area (Å²) in [4.78, 5) is 33.8. The van der Waals surface area contributed by atoms with E-state index in [1.165, 1.54) is 49.4 Å². The van der Waals surface area contributed by atoms with Gasteiger partial charge in [-0.25, -0.2) is 23.6 Å². The minimum absolute atomic E-state index is 0.0158. The molecule has 0 radical (unpaired) electrons. The second kappa shape index (κ2) is 7.96. The second-order valence-corrected chi connectivity index (χ2v) is 7.04. The van der Waals surface area contributed by atoms with Gasteiger partial charge in [0.15, 0.2) is 10.8 Å². The summed E-state index contributed by atoms with van der Waals surface area (Å²) in [6.07, 6.45) is 1.38. The topological polar surface area (TPSA) is 71.9 Å². The molecule has 1 aliphatic rings. The Bertz CT molecular complexity index is 1220. The standard InChI is InChI=1S/C21H13F2N3O3S/c1-12(27)26(18-8-3-2-7-16(18)23)21-24-15(11-30-21)10-17-20(28)29-19(25-17)13-5-4-6-14(22)9-13/h2-11H,1H3/b17-10-. The van der Waals surface area contributed by atoms with Crippen molar-refractivity contribution in [3.63, 3.8) is 0 Å². The van der Waals surface area contributed by atoms with Crippen LogP contribution in [0.25, 0.3) is 6.08 Å². The summed E-state index contributed by atoms with van der Waals surface area (Å²) >= 11 is 1.11. The molecular formula is C21H13F2N3O3S. The van der Waals surface area contributed by atoms with Crippen LogP contribution in [0.2, 0.25) is 0 Å². The van der Waals surface area contributed by atoms with Gasteiger partial charge in [-0.3, -0.25) is 9.69 Å². The van der Waals surface area contributed by atoms with Crippen molar-refractivity contribution in [1.82, 2.24) is 4.98 Å². The molecular weight excluding hydrogens is 412 g/mol. The van der Waals surface area contributed by atoms with E-state index in [2.05, 4.69) is 9.98 Å². The monoisotopic (exact) mass is 425 g/mol. The van der Waals surface area contributed by atoms with Crippen molar-refractivity contribution in [3.8, 4) is 0 Å². The largest absolute Gasteiger partial charge is 0.402 e. The number of halogens is 2. The van der Waals surface area contributed by atoms with E-state index in [0.717, 1.165) is 16.2 Å². The van der Waals surface area contributed by atoms with Crippen molar-refractivity contribution in [3.05, 3.63) is 82.5 Å². The molecule has 1 aliphatic heterocycles. The van der Waals surface area contributed by atoms with Gasteiger partial charge in [0.2, 0.25) is 11.8 Å². The first-order chi connectivity index (χ1) is 14.4. The van der Waals surface area contributed by atoms with Crippen LogP contribution in [0, 0.1) is 11.6 Å². The van der Waals surface area contributed by atoms with Crippen molar-refractivity contribution in [2.75, 3.05) is 4.90 Å². The predicted molar refractivity (Wildman–Crippen MR) is 108 cm³/mol. The molecule has 0 bridgehead atoms. The Labute approximate surface area is 173 Å². The van der Waals surface area contributed by atoms with E-state index < -0.39 is 23.5 Å². The lowest BCUT2D eigenvalue weighted by molar-refractivity contribution is -0.130. The van der Waals surface area contributed by atoms with E-state index in [9.17, 15) is 18.4 Å². The summed E-state index contributed by atoms with van der Waals surface area (Å²) in [5.41, 5.74) is 0.721. The molecule has 30 heavy (non-hydrogen) atoms. The number of thiazole rings is 1. The van der Waals surface area contributed by atoms with Gasteiger partial charge in [0, 0.05) is 17.9 Å². The second-order valence-electron chi connectivity index (χ2n) is 6.21. The molecule has 6 nitrogen and oxygen atoms in total. The molecule has 0 unspecified atom stereocenters. The number of aromatic nitrogens is 1. The third-order valence-corrected chi connectivity index (χ3v) is 4.93. The molecule has 0 fully saturated rings. The van der Waals surface area contributed by atoms with Gasteiger partial charge in [-0.2, -0.15) is 0 Å². The van der Waals surface area contributed by atoms with Crippen LogP contribution in [-0.2, 0) is 14.3 Å². The molecule has 1 aromatic heterocycles. The normalized spacial score (nSPS) is 14.6. The minimum atomic E-state index is -0.707. The maximum atomic E-state index is 14.2. The fraction of sp³-hybridized carbons (Fsp3) is 0.0476. The van der Waals surface area contributed by atoms with E-state index in [1.807, 2.05) is 0 Å². The maximum absolute atomic E-state index is 14.2. The van der Waals surface area contributed by atoms with E-state index in [0.29, 0.717) is 11.3 Å². The molecule has 150 valence electrons. The Kier molecular flexibility index (Phi) is 5.20. The zero-order valence-corrected chi connectivity index (χ0v) is 16.3. The molecule has 9 heteroatoms. The van der Waals surface area contributed by atoms with Crippen molar-refractivity contribution in [1.29, 1.82) is 0 Å².